The average Bonchev–Trinajstić information content (AvgIpc) is 4.53. The number of aromatic nitrogens is 3. The molecule has 30 nitrogen and oxygen atoms in total. The van der Waals surface area contributed by atoms with Crippen LogP contribution in [-0.2, 0) is 72.0 Å². The molecule has 0 unspecified atom stereocenters. The number of phenols is 1. The number of nitrogens with two attached hydrogens (primary N) is 2. The van der Waals surface area contributed by atoms with Gasteiger partial charge in [0.15, 0.2) is 5.96 Å². The number of aliphatic hydroxyl groups excluding tert-OH is 1. The third-order valence-corrected chi connectivity index (χ3v) is 14.2. The van der Waals surface area contributed by atoms with Gasteiger partial charge in [-0.2, -0.15) is 13.2 Å². The van der Waals surface area contributed by atoms with E-state index in [9.17, 15) is 76.1 Å². The van der Waals surface area contributed by atoms with Gasteiger partial charge in [-0.1, -0.05) is 44.2 Å². The Morgan fingerprint density at radius 3 is 2.05 bits per heavy atom. The predicted molar refractivity (Wildman–Crippen MR) is 305 cm³/mol. The SMILES string of the molecule is CC(C)C[C@H](NC(=O)CNC(=O)[C@H](Cc1ccc(O)cc1)NC(=O)[C@H](CO)NC(=O)[C@H](Cc1c[nH]c2ccccc12)NC(=O)[C@H](Cc1cnc[nH]1)NC(=O)[C@@H]1CCC(=O)N1)C(=O)N[C@@H](CCCN=C(N)N)C(=O)N1CCC[C@H]1C(=O)NNC(=O)C(F)(F)F. The molecular weight excluding hydrogens is 1160 g/mol. The first kappa shape index (κ1) is 67.3. The van der Waals surface area contributed by atoms with Crippen LogP contribution in [0, 0.1) is 5.92 Å². The number of aromatic amines is 2. The number of para-hydroxylation sites is 1. The van der Waals surface area contributed by atoms with Crippen LogP contribution in [0.15, 0.2) is 72.2 Å². The fourth-order valence-electron chi connectivity index (χ4n) is 9.77. The normalized spacial score (nSPS) is 16.8. The molecule has 2 saturated heterocycles. The average molecular weight is 1240 g/mol. The molecule has 18 N–H and O–H groups in total. The molecule has 4 aromatic rings. The van der Waals surface area contributed by atoms with Crippen LogP contribution in [0.3, 0.4) is 0 Å². The van der Waals surface area contributed by atoms with Crippen LogP contribution < -0.4 is 64.9 Å². The molecule has 0 bridgehead atoms. The van der Waals surface area contributed by atoms with Gasteiger partial charge in [-0.15, -0.1) is 0 Å². The Kier molecular flexibility index (Phi) is 24.1. The molecule has 8 atom stereocenters. The number of guanidine groups is 1. The number of hydrazine groups is 1. The lowest BCUT2D eigenvalue weighted by Crippen LogP contribution is -2.60. The van der Waals surface area contributed by atoms with Crippen molar-refractivity contribution in [3.05, 3.63) is 84.1 Å². The van der Waals surface area contributed by atoms with Crippen LogP contribution >= 0.6 is 0 Å². The molecule has 88 heavy (non-hydrogen) atoms. The summed E-state index contributed by atoms with van der Waals surface area (Å²) in [6.07, 6.45) is -1.14. The van der Waals surface area contributed by atoms with E-state index in [0.717, 1.165) is 4.90 Å². The Balaban J connectivity index is 1.16. The van der Waals surface area contributed by atoms with Gasteiger partial charge in [0.25, 0.3) is 5.91 Å². The number of amides is 11. The van der Waals surface area contributed by atoms with Crippen LogP contribution in [-0.4, -0.2) is 182 Å². The van der Waals surface area contributed by atoms with Crippen molar-refractivity contribution >= 4 is 81.8 Å². The Morgan fingerprint density at radius 2 is 1.41 bits per heavy atom. The number of phenolic OH excluding ortho intramolecular Hbond substituents is 1. The lowest BCUT2D eigenvalue weighted by atomic mass is 10.0. The van der Waals surface area contributed by atoms with E-state index in [2.05, 4.69) is 62.5 Å². The first-order valence-corrected chi connectivity index (χ1v) is 28.1. The number of aliphatic hydroxyl groups is 1. The minimum Gasteiger partial charge on any atom is -0.508 e. The van der Waals surface area contributed by atoms with E-state index in [0.29, 0.717) is 27.7 Å². The largest absolute Gasteiger partial charge is 0.508 e. The molecule has 2 aromatic heterocycles. The molecule has 6 rings (SSSR count). The minimum absolute atomic E-state index is 0.0107. The maximum absolute atomic E-state index is 14.4. The second-order valence-electron chi connectivity index (χ2n) is 21.4. The van der Waals surface area contributed by atoms with Crippen LogP contribution in [0.5, 0.6) is 5.75 Å². The molecule has 2 aliphatic heterocycles. The van der Waals surface area contributed by atoms with Crippen molar-refractivity contribution in [2.75, 3.05) is 26.2 Å². The predicted octanol–water partition coefficient (Wildman–Crippen LogP) is -3.28. The molecule has 2 fully saturated rings. The van der Waals surface area contributed by atoms with Crippen molar-refractivity contribution in [1.82, 2.24) is 73.2 Å². The lowest BCUT2D eigenvalue weighted by Gasteiger charge is -2.30. The van der Waals surface area contributed by atoms with E-state index >= 15 is 0 Å². The van der Waals surface area contributed by atoms with E-state index < -0.39 is 127 Å². The fourth-order valence-corrected chi connectivity index (χ4v) is 9.77. The van der Waals surface area contributed by atoms with Gasteiger partial charge < -0.3 is 79.1 Å². The first-order valence-electron chi connectivity index (χ1n) is 28.1. The summed E-state index contributed by atoms with van der Waals surface area (Å²) in [5.74, 6) is -11.9. The zero-order valence-electron chi connectivity index (χ0n) is 48.0. The molecular formula is C55H72F3N17O13. The molecule has 0 aliphatic carbocycles. The van der Waals surface area contributed by atoms with Crippen molar-refractivity contribution < 1.29 is 76.1 Å². The second-order valence-corrected chi connectivity index (χ2v) is 21.4. The number of benzene rings is 2. The van der Waals surface area contributed by atoms with E-state index in [4.69, 9.17) is 11.5 Å². The summed E-state index contributed by atoms with van der Waals surface area (Å²) in [5.41, 5.74) is 15.9. The molecule has 2 aromatic carbocycles. The third kappa shape index (κ3) is 19.9. The maximum atomic E-state index is 14.4. The number of fused-ring (bicyclic) bond motifs is 1. The Bertz CT molecular complexity index is 3170. The first-order chi connectivity index (χ1) is 41.8. The number of imidazole rings is 1. The van der Waals surface area contributed by atoms with Crippen molar-refractivity contribution in [2.45, 2.75) is 133 Å². The van der Waals surface area contributed by atoms with Gasteiger partial charge in [-0.3, -0.25) is 68.6 Å². The number of hydrogen-bond donors (Lipinski definition) is 16. The number of halogens is 3. The van der Waals surface area contributed by atoms with Crippen LogP contribution in [0.2, 0.25) is 0 Å². The Labute approximate surface area is 500 Å². The van der Waals surface area contributed by atoms with Crippen molar-refractivity contribution in [3.8, 4) is 5.75 Å². The van der Waals surface area contributed by atoms with E-state index in [1.807, 2.05) is 0 Å². The number of H-pyrrole nitrogens is 2. The molecule has 33 heteroatoms. The highest BCUT2D eigenvalue weighted by atomic mass is 19.4. The summed E-state index contributed by atoms with van der Waals surface area (Å²) in [6.45, 7) is 1.51. The molecule has 11 amide bonds. The van der Waals surface area contributed by atoms with Crippen LogP contribution in [0.4, 0.5) is 13.2 Å². The van der Waals surface area contributed by atoms with Gasteiger partial charge in [0.1, 0.15) is 54.1 Å². The van der Waals surface area contributed by atoms with Crippen LogP contribution in [0.25, 0.3) is 10.9 Å². The van der Waals surface area contributed by atoms with Gasteiger partial charge in [-0.05, 0) is 73.8 Å². The number of aromatic hydroxyl groups is 1. The second kappa shape index (κ2) is 31.5. The molecule has 0 saturated carbocycles. The van der Waals surface area contributed by atoms with Gasteiger partial charge in [-0.25, -0.2) is 4.98 Å². The third-order valence-electron chi connectivity index (χ3n) is 14.2. The highest BCUT2D eigenvalue weighted by Crippen LogP contribution is 2.22. The number of carbonyl (C=O) groups is 11. The number of hydrogen-bond acceptors (Lipinski definition) is 15. The highest BCUT2D eigenvalue weighted by molar-refractivity contribution is 5.99. The molecule has 4 heterocycles. The summed E-state index contributed by atoms with van der Waals surface area (Å²) >= 11 is 0. The number of alkyl halides is 3. The topological polar surface area (TPSA) is 461 Å². The van der Waals surface area contributed by atoms with Gasteiger partial charge >= 0.3 is 12.1 Å². The van der Waals surface area contributed by atoms with Gasteiger partial charge in [0, 0.05) is 67.8 Å². The van der Waals surface area contributed by atoms with E-state index in [1.54, 1.807) is 49.7 Å². The number of nitrogens with one attached hydrogen (secondary N) is 12. The van der Waals surface area contributed by atoms with Gasteiger partial charge in [0.05, 0.1) is 19.5 Å². The van der Waals surface area contributed by atoms with Crippen molar-refractivity contribution in [1.29, 1.82) is 0 Å². The number of nitrogens with zero attached hydrogens (tertiary/aromatic N) is 3. The van der Waals surface area contributed by atoms with Gasteiger partial charge in [0.2, 0.25) is 53.2 Å². The summed E-state index contributed by atoms with van der Waals surface area (Å²) < 4.78 is 38.5. The molecule has 476 valence electrons. The van der Waals surface area contributed by atoms with Crippen LogP contribution in [0.1, 0.15) is 75.6 Å². The zero-order chi connectivity index (χ0) is 64.2. The highest BCUT2D eigenvalue weighted by Gasteiger charge is 2.42. The monoisotopic (exact) mass is 1240 g/mol. The number of aliphatic imine (C=N–C) groups is 1. The smallest absolute Gasteiger partial charge is 0.472 e. The maximum Gasteiger partial charge on any atom is 0.472 e. The molecule has 0 radical (unpaired) electrons. The Hall–Kier alpha value is -9.82. The van der Waals surface area contributed by atoms with Crippen molar-refractivity contribution in [2.24, 2.45) is 22.4 Å². The quantitative estimate of drug-likeness (QED) is 0.0110. The number of likely N-dealkylation sites (tertiary alicyclic amines) is 1. The zero-order valence-corrected chi connectivity index (χ0v) is 48.0. The summed E-state index contributed by atoms with van der Waals surface area (Å²) in [5, 5.41) is 41.6. The van der Waals surface area contributed by atoms with E-state index in [-0.39, 0.29) is 101 Å². The minimum atomic E-state index is -5.33. The summed E-state index contributed by atoms with van der Waals surface area (Å²) in [6, 6.07) is 1.32. The Morgan fingerprint density at radius 1 is 0.761 bits per heavy atom. The summed E-state index contributed by atoms with van der Waals surface area (Å²) in [4.78, 5) is 163. The lowest BCUT2D eigenvalue weighted by molar-refractivity contribution is -0.175. The van der Waals surface area contributed by atoms with E-state index in [1.165, 1.54) is 42.2 Å². The summed E-state index contributed by atoms with van der Waals surface area (Å²) in [7, 11) is 0. The number of carbonyl (C=O) groups excluding carboxylic acids is 11. The molecule has 2 aliphatic rings. The number of rotatable bonds is 29. The fraction of sp³-hybridized carbons (Fsp3) is 0.473. The molecule has 0 spiro atoms. The van der Waals surface area contributed by atoms with Crippen molar-refractivity contribution in [3.63, 3.8) is 0 Å². The standard InChI is InChI=1S/C55H72F3N17O13/c1-28(2)19-37(47(82)68-36(9-5-17-62-54(59)60)52(87)75-18-6-10-42(75)51(86)73-74-53(88)55(56,57)58)67-44(79)25-64-45(80)38(20-29-11-13-32(77)14-12-29)69-50(85)41(26-76)72-48(83)39(21-30-23-63-34-8-4-3-7-33(30)34)70-49(84)40(22-31-24-61-27-65-31)71-46(81)35-15-16-43(78)66-35/h3-4,7-8,11-14,23-24,27-28,35-42,63,76-77H,5-6,9-10,15-22,25-26H2,1-2H3,(H,61,65)(H,64,80)(H,66,78)(H,67,79)(H,68,82)(H,69,85)(H,70,84)(H,71,81)(H,72,83)(H,73,86)(H,74,88)(H4,59,60,62)/t35-,36-,37-,38-,39-,40-,41-,42-/m0/s1.